The molecule has 0 saturated heterocycles. The van der Waals surface area contributed by atoms with Crippen LogP contribution in [-0.2, 0) is 11.2 Å². The number of fused-ring (bicyclic) bond motifs is 1. The van der Waals surface area contributed by atoms with Gasteiger partial charge in [0, 0.05) is 37.3 Å². The predicted octanol–water partition coefficient (Wildman–Crippen LogP) is 2.45. The van der Waals surface area contributed by atoms with Gasteiger partial charge in [-0.15, -0.1) is 11.8 Å². The van der Waals surface area contributed by atoms with E-state index in [1.807, 2.05) is 55.4 Å². The first-order valence-electron chi connectivity index (χ1n) is 9.19. The Balaban J connectivity index is 1.55. The average Bonchev–Trinajstić information content (AvgIpc) is 2.68. The Morgan fingerprint density at radius 1 is 1.21 bits per heavy atom. The van der Waals surface area contributed by atoms with Crippen molar-refractivity contribution in [2.45, 2.75) is 11.4 Å². The molecule has 3 amide bonds. The predicted molar refractivity (Wildman–Crippen MR) is 113 cm³/mol. The van der Waals surface area contributed by atoms with E-state index >= 15 is 0 Å². The third kappa shape index (κ3) is 5.46. The van der Waals surface area contributed by atoms with Crippen LogP contribution in [0.1, 0.15) is 5.56 Å². The van der Waals surface area contributed by atoms with Crippen molar-refractivity contribution in [1.29, 1.82) is 0 Å². The summed E-state index contributed by atoms with van der Waals surface area (Å²) in [6, 6.07) is 10.9. The number of carbonyl (C=O) groups excluding carboxylic acids is 2. The van der Waals surface area contributed by atoms with Crippen LogP contribution in [-0.4, -0.2) is 61.3 Å². The molecule has 0 spiro atoms. The highest BCUT2D eigenvalue weighted by Gasteiger charge is 2.23. The van der Waals surface area contributed by atoms with E-state index in [0.717, 1.165) is 28.6 Å². The van der Waals surface area contributed by atoms with Gasteiger partial charge in [0.1, 0.15) is 5.03 Å². The lowest BCUT2D eigenvalue weighted by molar-refractivity contribution is -0.120. The zero-order chi connectivity index (χ0) is 19.9. The number of thioether (sulfide) groups is 1. The summed E-state index contributed by atoms with van der Waals surface area (Å²) in [5.41, 5.74) is 2.44. The molecule has 3 rings (SSSR count). The van der Waals surface area contributed by atoms with Gasteiger partial charge >= 0.3 is 6.03 Å². The summed E-state index contributed by atoms with van der Waals surface area (Å²) in [6.07, 6.45) is 2.06. The maximum absolute atomic E-state index is 12.7. The Morgan fingerprint density at radius 2 is 2.00 bits per heavy atom. The maximum atomic E-state index is 12.7. The Hall–Kier alpha value is -2.58. The quantitative estimate of drug-likeness (QED) is 0.780. The monoisotopic (exact) mass is 399 g/mol. The summed E-state index contributed by atoms with van der Waals surface area (Å²) < 4.78 is 0. The van der Waals surface area contributed by atoms with Crippen LogP contribution in [0.2, 0.25) is 0 Å². The number of anilines is 2. The summed E-state index contributed by atoms with van der Waals surface area (Å²) in [7, 11) is 3.94. The molecule has 2 heterocycles. The minimum absolute atomic E-state index is 0.00596. The summed E-state index contributed by atoms with van der Waals surface area (Å²) >= 11 is 1.66. The second kappa shape index (κ2) is 9.57. The number of nitrogens with zero attached hydrogens (tertiary/aromatic N) is 3. The molecule has 1 aliphatic heterocycles. The zero-order valence-corrected chi connectivity index (χ0v) is 17.0. The number of hydrogen-bond acceptors (Lipinski definition) is 5. The van der Waals surface area contributed by atoms with Gasteiger partial charge in [0.25, 0.3) is 0 Å². The second-order valence-corrected chi connectivity index (χ2v) is 7.87. The fraction of sp³-hybridized carbons (Fsp3) is 0.350. The molecule has 8 heteroatoms. The largest absolute Gasteiger partial charge is 0.355 e. The van der Waals surface area contributed by atoms with E-state index in [1.165, 1.54) is 0 Å². The van der Waals surface area contributed by atoms with E-state index in [9.17, 15) is 9.59 Å². The average molecular weight is 400 g/mol. The highest BCUT2D eigenvalue weighted by molar-refractivity contribution is 7.99. The molecule has 148 valence electrons. The first kappa shape index (κ1) is 20.2. The number of carbonyl (C=O) groups is 2. The van der Waals surface area contributed by atoms with Crippen molar-refractivity contribution in [2.24, 2.45) is 0 Å². The molecule has 0 radical (unpaired) electrons. The summed E-state index contributed by atoms with van der Waals surface area (Å²) in [6.45, 7) is 2.08. The Kier molecular flexibility index (Phi) is 6.89. The normalized spacial score (nSPS) is 13.2. The van der Waals surface area contributed by atoms with Crippen LogP contribution in [0.4, 0.5) is 16.2 Å². The lowest BCUT2D eigenvalue weighted by Crippen LogP contribution is -2.38. The second-order valence-electron chi connectivity index (χ2n) is 6.78. The molecule has 2 N–H and O–H groups in total. The van der Waals surface area contributed by atoms with Crippen molar-refractivity contribution >= 4 is 35.1 Å². The van der Waals surface area contributed by atoms with Gasteiger partial charge in [0.2, 0.25) is 5.91 Å². The molecule has 1 aliphatic rings. The standard InChI is InChI=1S/C20H25N5O2S/c1-24(2)11-10-21-18(26)14-15-5-7-16(8-6-15)23-20(27)25-12-13-28-19-17(25)4-3-9-22-19/h3-9H,10-14H2,1-2H3,(H,21,26)(H,23,27). The molecule has 0 saturated carbocycles. The molecule has 0 atom stereocenters. The van der Waals surface area contributed by atoms with Gasteiger partial charge in [-0.3, -0.25) is 9.69 Å². The Morgan fingerprint density at radius 3 is 2.75 bits per heavy atom. The van der Waals surface area contributed by atoms with Gasteiger partial charge in [-0.1, -0.05) is 12.1 Å². The topological polar surface area (TPSA) is 77.6 Å². The molecule has 7 nitrogen and oxygen atoms in total. The molecule has 1 aromatic heterocycles. The summed E-state index contributed by atoms with van der Waals surface area (Å²) in [4.78, 5) is 32.7. The fourth-order valence-electron chi connectivity index (χ4n) is 2.83. The number of amides is 3. The minimum atomic E-state index is -0.177. The van der Waals surface area contributed by atoms with Crippen molar-refractivity contribution in [3.8, 4) is 0 Å². The van der Waals surface area contributed by atoms with Crippen molar-refractivity contribution < 1.29 is 9.59 Å². The number of hydrogen-bond donors (Lipinski definition) is 2. The molecule has 0 aliphatic carbocycles. The van der Waals surface area contributed by atoms with Gasteiger partial charge < -0.3 is 15.5 Å². The smallest absolute Gasteiger partial charge is 0.326 e. The van der Waals surface area contributed by atoms with Crippen LogP contribution in [0.15, 0.2) is 47.6 Å². The molecule has 0 fully saturated rings. The molecule has 0 bridgehead atoms. The van der Waals surface area contributed by atoms with E-state index < -0.39 is 0 Å². The summed E-state index contributed by atoms with van der Waals surface area (Å²) in [5, 5.41) is 6.70. The third-order valence-corrected chi connectivity index (χ3v) is 5.27. The van der Waals surface area contributed by atoms with Gasteiger partial charge in [0.15, 0.2) is 0 Å². The first-order chi connectivity index (χ1) is 13.5. The Bertz CT molecular complexity index is 826. The van der Waals surface area contributed by atoms with E-state index in [4.69, 9.17) is 0 Å². The molecular weight excluding hydrogens is 374 g/mol. The highest BCUT2D eigenvalue weighted by atomic mass is 32.2. The molecular formula is C20H25N5O2S. The number of benzene rings is 1. The van der Waals surface area contributed by atoms with Crippen LogP contribution in [0, 0.1) is 0 Å². The Labute approximate surface area is 169 Å². The van der Waals surface area contributed by atoms with Gasteiger partial charge in [-0.05, 0) is 43.9 Å². The van der Waals surface area contributed by atoms with Gasteiger partial charge in [0.05, 0.1) is 12.1 Å². The fourth-order valence-corrected chi connectivity index (χ4v) is 3.76. The van der Waals surface area contributed by atoms with E-state index in [2.05, 4.69) is 15.6 Å². The lowest BCUT2D eigenvalue weighted by Gasteiger charge is -2.28. The van der Waals surface area contributed by atoms with Gasteiger partial charge in [-0.25, -0.2) is 9.78 Å². The third-order valence-electron chi connectivity index (χ3n) is 4.29. The SMILES string of the molecule is CN(C)CCNC(=O)Cc1ccc(NC(=O)N2CCSc3ncccc32)cc1. The van der Waals surface area contributed by atoms with E-state index in [0.29, 0.717) is 25.2 Å². The maximum Gasteiger partial charge on any atom is 0.326 e. The molecule has 0 unspecified atom stereocenters. The number of nitrogens with one attached hydrogen (secondary N) is 2. The number of likely N-dealkylation sites (N-methyl/N-ethyl adjacent to an activating group) is 1. The molecule has 2 aromatic rings. The van der Waals surface area contributed by atoms with Crippen LogP contribution in [0.5, 0.6) is 0 Å². The van der Waals surface area contributed by atoms with Crippen LogP contribution >= 0.6 is 11.8 Å². The molecule has 28 heavy (non-hydrogen) atoms. The van der Waals surface area contributed by atoms with E-state index in [-0.39, 0.29) is 11.9 Å². The van der Waals surface area contributed by atoms with Crippen LogP contribution in [0.25, 0.3) is 0 Å². The van der Waals surface area contributed by atoms with Gasteiger partial charge in [-0.2, -0.15) is 0 Å². The molecule has 1 aromatic carbocycles. The van der Waals surface area contributed by atoms with Crippen molar-refractivity contribution in [3.63, 3.8) is 0 Å². The van der Waals surface area contributed by atoms with Crippen molar-refractivity contribution in [3.05, 3.63) is 48.2 Å². The first-order valence-corrected chi connectivity index (χ1v) is 10.2. The number of aromatic nitrogens is 1. The van der Waals surface area contributed by atoms with E-state index in [1.54, 1.807) is 22.9 Å². The minimum Gasteiger partial charge on any atom is -0.355 e. The lowest BCUT2D eigenvalue weighted by atomic mass is 10.1. The number of urea groups is 1. The highest BCUT2D eigenvalue weighted by Crippen LogP contribution is 2.32. The van der Waals surface area contributed by atoms with Crippen molar-refractivity contribution in [1.82, 2.24) is 15.2 Å². The zero-order valence-electron chi connectivity index (χ0n) is 16.1. The number of rotatable bonds is 6. The van der Waals surface area contributed by atoms with Crippen molar-refractivity contribution in [2.75, 3.05) is 49.7 Å². The summed E-state index contributed by atoms with van der Waals surface area (Å²) in [5.74, 6) is 0.813. The van der Waals surface area contributed by atoms with Crippen LogP contribution in [0.3, 0.4) is 0 Å². The van der Waals surface area contributed by atoms with Crippen LogP contribution < -0.4 is 15.5 Å². The number of pyridine rings is 1.